The Labute approximate surface area is 262 Å². The van der Waals surface area contributed by atoms with Gasteiger partial charge in [0.15, 0.2) is 0 Å². The van der Waals surface area contributed by atoms with Gasteiger partial charge in [0.05, 0.1) is 14.8 Å². The van der Waals surface area contributed by atoms with Crippen molar-refractivity contribution < 1.29 is 27.5 Å². The maximum absolute atomic E-state index is 13.9. The predicted molar refractivity (Wildman–Crippen MR) is 170 cm³/mol. The van der Waals surface area contributed by atoms with Crippen molar-refractivity contribution in [2.24, 2.45) is 0 Å². The molecule has 1 aliphatic rings. The van der Waals surface area contributed by atoms with Gasteiger partial charge >= 0.3 is 12.1 Å². The molecule has 0 unspecified atom stereocenters. The summed E-state index contributed by atoms with van der Waals surface area (Å²) in [7, 11) is -4.02. The highest BCUT2D eigenvalue weighted by Crippen LogP contribution is 2.41. The maximum atomic E-state index is 13.9. The summed E-state index contributed by atoms with van der Waals surface area (Å²) in [5.74, 6) is -0.284. The Morgan fingerprint density at radius 3 is 2.41 bits per heavy atom. The lowest BCUT2D eigenvalue weighted by Gasteiger charge is -2.37. The molecule has 4 N–H and O–H groups in total. The molecule has 2 aromatic carbocycles. The minimum atomic E-state index is -4.02. The van der Waals surface area contributed by atoms with Crippen molar-refractivity contribution in [1.82, 2.24) is 19.9 Å². The lowest BCUT2D eigenvalue weighted by atomic mass is 9.85. The van der Waals surface area contributed by atoms with E-state index in [9.17, 15) is 27.5 Å². The molecular weight excluding hydrogens is 606 g/mol. The smallest absolute Gasteiger partial charge is 0.407 e. The van der Waals surface area contributed by atoms with Crippen molar-refractivity contribution in [2.45, 2.75) is 95.3 Å². The Bertz CT molecular complexity index is 1590. The Morgan fingerprint density at radius 1 is 1.11 bits per heavy atom. The monoisotopic (exact) mass is 645 g/mol. The van der Waals surface area contributed by atoms with E-state index >= 15 is 0 Å². The van der Waals surface area contributed by atoms with Crippen LogP contribution < -0.4 is 15.4 Å². The highest BCUT2D eigenvalue weighted by atomic mass is 32.2. The zero-order chi connectivity index (χ0) is 32.2. The second kappa shape index (κ2) is 13.6. The molecule has 0 aliphatic heterocycles. The SMILES string of the molecule is CC(C)N(C(=O)O)C1CCC(c2ncc(-c3ccc(NC(=O)NCc4ccccc4F)cc3S(=O)(=O)NC(C)(C)C)s2)CC1. The molecule has 3 aromatic rings. The second-order valence-electron chi connectivity index (χ2n) is 12.3. The Balaban J connectivity index is 1.55. The number of nitrogens with one attached hydrogen (secondary N) is 3. The third-order valence-electron chi connectivity index (χ3n) is 7.37. The van der Waals surface area contributed by atoms with Gasteiger partial charge in [0.2, 0.25) is 10.0 Å². The van der Waals surface area contributed by atoms with E-state index in [0.29, 0.717) is 16.0 Å². The fourth-order valence-corrected chi connectivity index (χ4v) is 8.33. The van der Waals surface area contributed by atoms with E-state index in [1.54, 1.807) is 57.3 Å². The highest BCUT2D eigenvalue weighted by Gasteiger charge is 2.32. The number of sulfonamides is 1. The van der Waals surface area contributed by atoms with Crippen LogP contribution in [-0.4, -0.2) is 53.2 Å². The fourth-order valence-electron chi connectivity index (χ4n) is 5.48. The van der Waals surface area contributed by atoms with Crippen LogP contribution in [0.15, 0.2) is 53.6 Å². The third kappa shape index (κ3) is 8.33. The number of carboxylic acid groups (broad SMARTS) is 1. The van der Waals surface area contributed by atoms with Crippen LogP contribution in [0, 0.1) is 5.82 Å². The van der Waals surface area contributed by atoms with Gasteiger partial charge in [-0.3, -0.25) is 0 Å². The van der Waals surface area contributed by atoms with E-state index in [-0.39, 0.29) is 35.1 Å². The molecule has 44 heavy (non-hydrogen) atoms. The van der Waals surface area contributed by atoms with Crippen LogP contribution >= 0.6 is 11.3 Å². The van der Waals surface area contributed by atoms with Crippen molar-refractivity contribution in [3.63, 3.8) is 0 Å². The number of carbonyl (C=O) groups excluding carboxylic acids is 1. The number of hydrogen-bond donors (Lipinski definition) is 4. The number of halogens is 1. The lowest BCUT2D eigenvalue weighted by molar-refractivity contribution is 0.0906. The first kappa shape index (κ1) is 33.3. The highest BCUT2D eigenvalue weighted by molar-refractivity contribution is 7.89. The number of carbonyl (C=O) groups is 2. The fraction of sp³-hybridized carbons (Fsp3) is 0.452. The Morgan fingerprint density at radius 2 is 1.80 bits per heavy atom. The molecule has 3 amide bonds. The van der Waals surface area contributed by atoms with E-state index in [1.165, 1.54) is 28.4 Å². The largest absolute Gasteiger partial charge is 0.465 e. The molecule has 1 fully saturated rings. The molecule has 1 aliphatic carbocycles. The first-order chi connectivity index (χ1) is 20.6. The van der Waals surface area contributed by atoms with Gasteiger partial charge in [-0.2, -0.15) is 0 Å². The van der Waals surface area contributed by atoms with Gasteiger partial charge < -0.3 is 20.6 Å². The molecule has 238 valence electrons. The standard InChI is InChI=1S/C31H40FN5O5S2/c1-19(2)37(30(39)40)23-13-10-20(11-14-23)28-33-18-26(43-28)24-15-12-22(16-27(24)44(41,42)36-31(3,4)5)35-29(38)34-17-21-8-6-7-9-25(21)32/h6-9,12,15-16,18-20,23,36H,10-11,13-14,17H2,1-5H3,(H,39,40)(H2,34,35,38). The lowest BCUT2D eigenvalue weighted by Crippen LogP contribution is -2.45. The first-order valence-corrected chi connectivity index (χ1v) is 16.9. The van der Waals surface area contributed by atoms with Crippen molar-refractivity contribution in [1.29, 1.82) is 0 Å². The zero-order valence-electron chi connectivity index (χ0n) is 25.6. The van der Waals surface area contributed by atoms with Gasteiger partial charge in [-0.05, 0) is 78.5 Å². The van der Waals surface area contributed by atoms with Crippen molar-refractivity contribution in [3.05, 3.63) is 65.0 Å². The van der Waals surface area contributed by atoms with E-state index in [1.807, 2.05) is 13.8 Å². The van der Waals surface area contributed by atoms with Crippen molar-refractivity contribution >= 4 is 39.2 Å². The van der Waals surface area contributed by atoms with Gasteiger partial charge in [0.25, 0.3) is 0 Å². The number of anilines is 1. The summed E-state index contributed by atoms with van der Waals surface area (Å²) in [6.07, 6.45) is 3.81. The van der Waals surface area contributed by atoms with Crippen molar-refractivity contribution in [2.75, 3.05) is 5.32 Å². The third-order valence-corrected chi connectivity index (χ3v) is 10.4. The van der Waals surface area contributed by atoms with Gasteiger partial charge in [0, 0.05) is 53.1 Å². The van der Waals surface area contributed by atoms with Gasteiger partial charge in [-0.15, -0.1) is 11.3 Å². The topological polar surface area (TPSA) is 141 Å². The average molecular weight is 646 g/mol. The summed E-state index contributed by atoms with van der Waals surface area (Å²) in [6, 6.07) is 10.0. The summed E-state index contributed by atoms with van der Waals surface area (Å²) >= 11 is 1.42. The minimum absolute atomic E-state index is 0.00716. The number of amides is 3. The number of rotatable bonds is 9. The summed E-state index contributed by atoms with van der Waals surface area (Å²) in [5, 5.41) is 15.8. The molecule has 0 spiro atoms. The molecule has 0 radical (unpaired) electrons. The van der Waals surface area contributed by atoms with Crippen molar-refractivity contribution in [3.8, 4) is 10.4 Å². The Hall–Kier alpha value is -3.55. The number of nitrogens with zero attached hydrogens (tertiary/aromatic N) is 2. The average Bonchev–Trinajstić information content (AvgIpc) is 3.42. The number of urea groups is 1. The number of hydrogen-bond acceptors (Lipinski definition) is 6. The molecule has 1 saturated carbocycles. The maximum Gasteiger partial charge on any atom is 0.407 e. The number of thiazole rings is 1. The molecule has 4 rings (SSSR count). The normalized spacial score (nSPS) is 17.3. The van der Waals surface area contributed by atoms with Crippen LogP contribution in [0.25, 0.3) is 10.4 Å². The summed E-state index contributed by atoms with van der Waals surface area (Å²) in [6.45, 7) is 8.96. The molecule has 1 heterocycles. The van der Waals surface area contributed by atoms with E-state index < -0.39 is 33.5 Å². The zero-order valence-corrected chi connectivity index (χ0v) is 27.2. The van der Waals surface area contributed by atoms with Crippen LogP contribution in [0.5, 0.6) is 0 Å². The molecule has 10 nitrogen and oxygen atoms in total. The minimum Gasteiger partial charge on any atom is -0.465 e. The molecular formula is C31H40FN5O5S2. The molecule has 13 heteroatoms. The van der Waals surface area contributed by atoms with E-state index in [4.69, 9.17) is 0 Å². The van der Waals surface area contributed by atoms with Gasteiger partial charge in [0.1, 0.15) is 5.82 Å². The second-order valence-corrected chi connectivity index (χ2v) is 15.0. The van der Waals surface area contributed by atoms with E-state index in [0.717, 1.165) is 30.7 Å². The van der Waals surface area contributed by atoms with Crippen LogP contribution in [0.4, 0.5) is 19.7 Å². The summed E-state index contributed by atoms with van der Waals surface area (Å²) in [5.41, 5.74) is 0.274. The summed E-state index contributed by atoms with van der Waals surface area (Å²) in [4.78, 5) is 31.2. The Kier molecular flexibility index (Phi) is 10.3. The first-order valence-electron chi connectivity index (χ1n) is 14.6. The van der Waals surface area contributed by atoms with Crippen LogP contribution in [0.2, 0.25) is 0 Å². The molecule has 0 atom stereocenters. The van der Waals surface area contributed by atoms with E-state index in [2.05, 4.69) is 20.3 Å². The summed E-state index contributed by atoms with van der Waals surface area (Å²) < 4.78 is 43.8. The molecule has 1 aromatic heterocycles. The number of aromatic nitrogens is 1. The molecule has 0 saturated heterocycles. The van der Waals surface area contributed by atoms with Gasteiger partial charge in [-0.1, -0.05) is 24.3 Å². The quantitative estimate of drug-likeness (QED) is 0.203. The molecule has 0 bridgehead atoms. The van der Waals surface area contributed by atoms with Crippen LogP contribution in [0.3, 0.4) is 0 Å². The predicted octanol–water partition coefficient (Wildman–Crippen LogP) is 6.76. The van der Waals surface area contributed by atoms with Crippen LogP contribution in [0.1, 0.15) is 76.8 Å². The van der Waals surface area contributed by atoms with Crippen LogP contribution in [-0.2, 0) is 16.6 Å². The van der Waals surface area contributed by atoms with Gasteiger partial charge in [-0.25, -0.2) is 32.1 Å². The number of benzene rings is 2.